The van der Waals surface area contributed by atoms with E-state index in [-0.39, 0.29) is 5.88 Å². The molecule has 0 atom stereocenters. The van der Waals surface area contributed by atoms with E-state index >= 15 is 0 Å². The molecule has 6 rings (SSSR count). The molecule has 39 heavy (non-hydrogen) atoms. The highest BCUT2D eigenvalue weighted by Crippen LogP contribution is 2.33. The number of likely N-dealkylation sites (N-methyl/N-ethyl adjacent to an activating group) is 1. The molecule has 3 N–H and O–H groups in total. The quantitative estimate of drug-likeness (QED) is 0.214. The molecule has 1 fully saturated rings. The first-order chi connectivity index (χ1) is 19.0. The SMILES string of the molecule is COC(=O)c1ccc2c(C(=Nc3ccc4[nH]cc(CN5CCN(C)CC5)c4c3)c3ccccc3)c(O)[nH]c2c1. The van der Waals surface area contributed by atoms with Gasteiger partial charge in [0, 0.05) is 66.3 Å². The van der Waals surface area contributed by atoms with E-state index in [0.717, 1.165) is 60.3 Å². The van der Waals surface area contributed by atoms with Crippen LogP contribution in [0.15, 0.2) is 77.9 Å². The Balaban J connectivity index is 1.43. The summed E-state index contributed by atoms with van der Waals surface area (Å²) in [4.78, 5) is 28.4. The van der Waals surface area contributed by atoms with Gasteiger partial charge in [0.05, 0.1) is 29.6 Å². The van der Waals surface area contributed by atoms with Crippen LogP contribution in [-0.2, 0) is 11.3 Å². The predicted octanol–water partition coefficient (Wildman–Crippen LogP) is 5.06. The summed E-state index contributed by atoms with van der Waals surface area (Å²) in [6.45, 7) is 5.15. The van der Waals surface area contributed by atoms with Crippen LogP contribution >= 0.6 is 0 Å². The molecule has 3 heterocycles. The number of benzene rings is 3. The zero-order valence-electron chi connectivity index (χ0n) is 22.1. The number of aromatic hydroxyl groups is 1. The van der Waals surface area contributed by atoms with Gasteiger partial charge in [0.1, 0.15) is 0 Å². The van der Waals surface area contributed by atoms with Crippen LogP contribution < -0.4 is 0 Å². The number of fused-ring (bicyclic) bond motifs is 2. The zero-order chi connectivity index (χ0) is 26.9. The van der Waals surface area contributed by atoms with Crippen molar-refractivity contribution in [1.29, 1.82) is 0 Å². The van der Waals surface area contributed by atoms with Gasteiger partial charge in [0.15, 0.2) is 5.88 Å². The number of nitrogens with one attached hydrogen (secondary N) is 2. The summed E-state index contributed by atoms with van der Waals surface area (Å²) in [5, 5.41) is 13.0. The van der Waals surface area contributed by atoms with Crippen LogP contribution in [0.2, 0.25) is 0 Å². The molecule has 3 aromatic carbocycles. The maximum absolute atomic E-state index is 12.1. The van der Waals surface area contributed by atoms with Gasteiger partial charge in [-0.1, -0.05) is 36.4 Å². The Kier molecular flexibility index (Phi) is 6.64. The summed E-state index contributed by atoms with van der Waals surface area (Å²) in [7, 11) is 3.52. The Morgan fingerprint density at radius 3 is 2.51 bits per heavy atom. The number of aromatic nitrogens is 2. The zero-order valence-corrected chi connectivity index (χ0v) is 22.1. The van der Waals surface area contributed by atoms with Gasteiger partial charge in [0.25, 0.3) is 0 Å². The third-order valence-electron chi connectivity index (χ3n) is 7.47. The van der Waals surface area contributed by atoms with Crippen molar-refractivity contribution in [2.75, 3.05) is 40.3 Å². The number of esters is 1. The van der Waals surface area contributed by atoms with E-state index in [1.165, 1.54) is 12.7 Å². The van der Waals surface area contributed by atoms with Gasteiger partial charge in [-0.15, -0.1) is 0 Å². The predicted molar refractivity (Wildman–Crippen MR) is 154 cm³/mol. The van der Waals surface area contributed by atoms with Crippen LogP contribution in [0.1, 0.15) is 27.0 Å². The maximum atomic E-state index is 12.1. The summed E-state index contributed by atoms with van der Waals surface area (Å²) in [5.41, 5.74) is 6.24. The number of hydrogen-bond donors (Lipinski definition) is 3. The monoisotopic (exact) mass is 521 g/mol. The number of methoxy groups -OCH3 is 1. The average molecular weight is 522 g/mol. The van der Waals surface area contributed by atoms with Crippen molar-refractivity contribution in [2.45, 2.75) is 6.54 Å². The van der Waals surface area contributed by atoms with E-state index in [1.807, 2.05) is 42.5 Å². The van der Waals surface area contributed by atoms with Gasteiger partial charge >= 0.3 is 5.97 Å². The summed E-state index contributed by atoms with van der Waals surface area (Å²) < 4.78 is 4.86. The molecule has 0 radical (unpaired) electrons. The molecule has 8 heteroatoms. The number of piperazine rings is 1. The second-order valence-corrected chi connectivity index (χ2v) is 10.1. The Morgan fingerprint density at radius 1 is 0.949 bits per heavy atom. The number of nitrogens with zero attached hydrogens (tertiary/aromatic N) is 3. The molecule has 8 nitrogen and oxygen atoms in total. The van der Waals surface area contributed by atoms with Crippen LogP contribution in [0.4, 0.5) is 5.69 Å². The molecule has 0 amide bonds. The summed E-state index contributed by atoms with van der Waals surface area (Å²) in [5.74, 6) is -0.440. The lowest BCUT2D eigenvalue weighted by molar-refractivity contribution is 0.0601. The van der Waals surface area contributed by atoms with Crippen LogP contribution in [0.25, 0.3) is 21.8 Å². The van der Waals surface area contributed by atoms with Crippen molar-refractivity contribution in [1.82, 2.24) is 19.8 Å². The molecule has 198 valence electrons. The fourth-order valence-electron chi connectivity index (χ4n) is 5.27. The third-order valence-corrected chi connectivity index (χ3v) is 7.47. The number of ether oxygens (including phenoxy) is 1. The average Bonchev–Trinajstić information content (AvgIpc) is 3.51. The highest BCUT2D eigenvalue weighted by Gasteiger charge is 2.21. The van der Waals surface area contributed by atoms with E-state index in [1.54, 1.807) is 12.1 Å². The molecule has 0 unspecified atom stereocenters. The maximum Gasteiger partial charge on any atom is 0.337 e. The number of aliphatic imine (C=N–C) groups is 1. The van der Waals surface area contributed by atoms with Crippen molar-refractivity contribution >= 4 is 39.2 Å². The van der Waals surface area contributed by atoms with Crippen LogP contribution in [0.5, 0.6) is 5.88 Å². The van der Waals surface area contributed by atoms with Gasteiger partial charge in [-0.2, -0.15) is 0 Å². The van der Waals surface area contributed by atoms with Crippen molar-refractivity contribution in [3.05, 3.63) is 95.2 Å². The highest BCUT2D eigenvalue weighted by molar-refractivity contribution is 6.22. The first-order valence-electron chi connectivity index (χ1n) is 13.1. The fourth-order valence-corrected chi connectivity index (χ4v) is 5.27. The molecule has 0 aliphatic carbocycles. The Morgan fingerprint density at radius 2 is 1.74 bits per heavy atom. The van der Waals surface area contributed by atoms with Crippen LogP contribution in [-0.4, -0.2) is 76.9 Å². The van der Waals surface area contributed by atoms with Crippen molar-refractivity contribution in [3.8, 4) is 5.88 Å². The minimum absolute atomic E-state index is 0.00639. The second kappa shape index (κ2) is 10.4. The van der Waals surface area contributed by atoms with Crippen LogP contribution in [0.3, 0.4) is 0 Å². The standard InChI is InChI=1S/C31H31N5O3/c1-35-12-14-36(15-13-35)19-22-18-32-26-11-9-23(17-25(22)26)33-29(20-6-4-3-5-7-20)28-24-10-8-21(31(38)39-2)16-27(24)34-30(28)37/h3-11,16-18,32,34,37H,12-15,19H2,1-2H3. The number of aromatic amines is 2. The van der Waals surface area contributed by atoms with Gasteiger partial charge in [0.2, 0.25) is 0 Å². The fraction of sp³-hybridized carbons (Fsp3) is 0.226. The second-order valence-electron chi connectivity index (χ2n) is 10.1. The van der Waals surface area contributed by atoms with E-state index in [0.29, 0.717) is 22.4 Å². The third kappa shape index (κ3) is 4.92. The van der Waals surface area contributed by atoms with Crippen molar-refractivity contribution in [2.24, 2.45) is 4.99 Å². The largest absolute Gasteiger partial charge is 0.494 e. The van der Waals surface area contributed by atoms with Gasteiger partial charge in [-0.3, -0.25) is 4.90 Å². The van der Waals surface area contributed by atoms with E-state index in [2.05, 4.69) is 45.1 Å². The van der Waals surface area contributed by atoms with Crippen molar-refractivity contribution < 1.29 is 14.6 Å². The van der Waals surface area contributed by atoms with E-state index in [9.17, 15) is 9.90 Å². The lowest BCUT2D eigenvalue weighted by atomic mass is 10.00. The number of H-pyrrole nitrogens is 2. The smallest absolute Gasteiger partial charge is 0.337 e. The van der Waals surface area contributed by atoms with Crippen LogP contribution in [0, 0.1) is 0 Å². The van der Waals surface area contributed by atoms with Gasteiger partial charge < -0.3 is 24.7 Å². The molecule has 0 spiro atoms. The number of carbonyl (C=O) groups excluding carboxylic acids is 1. The lowest BCUT2D eigenvalue weighted by Crippen LogP contribution is -2.43. The van der Waals surface area contributed by atoms with Crippen molar-refractivity contribution in [3.63, 3.8) is 0 Å². The summed E-state index contributed by atoms with van der Waals surface area (Å²) in [6.07, 6.45) is 2.10. The molecular weight excluding hydrogens is 490 g/mol. The molecule has 1 saturated heterocycles. The molecule has 5 aromatic rings. The van der Waals surface area contributed by atoms with E-state index < -0.39 is 5.97 Å². The summed E-state index contributed by atoms with van der Waals surface area (Å²) >= 11 is 0. The van der Waals surface area contributed by atoms with Gasteiger partial charge in [-0.05, 0) is 42.9 Å². The topological polar surface area (TPSA) is 96.9 Å². The Bertz CT molecular complexity index is 1680. The normalized spacial score (nSPS) is 15.3. The molecule has 0 saturated carbocycles. The first-order valence-corrected chi connectivity index (χ1v) is 13.1. The number of rotatable bonds is 6. The molecule has 0 bridgehead atoms. The highest BCUT2D eigenvalue weighted by atomic mass is 16.5. The number of carbonyl (C=O) groups is 1. The van der Waals surface area contributed by atoms with Gasteiger partial charge in [-0.25, -0.2) is 9.79 Å². The molecule has 2 aromatic heterocycles. The molecule has 1 aliphatic rings. The Hall–Kier alpha value is -4.40. The Labute approximate surface area is 226 Å². The number of hydrogen-bond acceptors (Lipinski definition) is 6. The van der Waals surface area contributed by atoms with E-state index in [4.69, 9.17) is 9.73 Å². The minimum atomic E-state index is -0.434. The lowest BCUT2D eigenvalue weighted by Gasteiger charge is -2.32. The minimum Gasteiger partial charge on any atom is -0.494 e. The first kappa shape index (κ1) is 24.9. The molecular formula is C31H31N5O3. The summed E-state index contributed by atoms with van der Waals surface area (Å²) in [6, 6.07) is 21.2. The molecule has 1 aliphatic heterocycles.